The maximum Gasteiger partial charge on any atom is 2.00 e. The van der Waals surface area contributed by atoms with Crippen molar-refractivity contribution >= 4 is 4.40 Å². The van der Waals surface area contributed by atoms with Gasteiger partial charge in [-0.3, -0.25) is 0 Å². The Balaban J connectivity index is -0.0000000200. The van der Waals surface area contributed by atoms with Crippen molar-refractivity contribution in [1.82, 2.24) is 0 Å². The maximum absolute atomic E-state index is 2.83. The molecule has 0 N–H and O–H groups in total. The first-order valence-corrected chi connectivity index (χ1v) is 2.17. The van der Waals surface area contributed by atoms with Crippen LogP contribution in [0.3, 0.4) is 0 Å². The number of rotatable bonds is 0. The molecule has 1 radical (unpaired) electrons. The van der Waals surface area contributed by atoms with E-state index in [1.165, 1.54) is 19.4 Å². The van der Waals surface area contributed by atoms with Crippen molar-refractivity contribution in [3.8, 4) is 0 Å². The summed E-state index contributed by atoms with van der Waals surface area (Å²) in [5.41, 5.74) is 0. The summed E-state index contributed by atoms with van der Waals surface area (Å²) < 4.78 is 2.83. The van der Waals surface area contributed by atoms with Crippen LogP contribution in [0, 0.1) is 7.43 Å². The molecule has 0 saturated heterocycles. The first-order chi connectivity index (χ1) is 1.41. The molecule has 0 rings (SSSR count). The summed E-state index contributed by atoms with van der Waals surface area (Å²) in [7, 11) is 0. The second-order valence-electron chi connectivity index (χ2n) is 0.204. The van der Waals surface area contributed by atoms with E-state index in [0.29, 0.717) is 0 Å². The van der Waals surface area contributed by atoms with Gasteiger partial charge in [0, 0.05) is 0 Å². The molecule has 0 aromatic heterocycles. The molecule has 0 atom stereocenters. The minimum atomic E-state index is 0. The van der Waals surface area contributed by atoms with Crippen LogP contribution < -0.4 is 0 Å². The Kier molecular flexibility index (Phi) is 63.2. The van der Waals surface area contributed by atoms with E-state index in [9.17, 15) is 0 Å². The predicted octanol–water partition coefficient (Wildman–Crippen LogP) is 0.680. The summed E-state index contributed by atoms with van der Waals surface area (Å²) in [6, 6.07) is 0. The van der Waals surface area contributed by atoms with Gasteiger partial charge in [0.1, 0.15) is 0 Å². The molecular weight excluding hydrogens is 271 g/mol. The zero-order valence-corrected chi connectivity index (χ0v) is 7.69. The van der Waals surface area contributed by atoms with Gasteiger partial charge in [-0.15, -0.1) is 0 Å². The van der Waals surface area contributed by atoms with E-state index in [0.717, 1.165) is 0 Å². The minimum absolute atomic E-state index is 0. The normalized spacial score (nSPS) is 2.60. The molecule has 5 heavy (non-hydrogen) atoms. The monoisotopic (exact) mass is 277 g/mol. The van der Waals surface area contributed by atoms with E-state index in [2.05, 4.69) is 4.40 Å². The Hall–Kier alpha value is 1.14. The molecule has 0 bridgehead atoms. The third kappa shape index (κ3) is 38.9. The van der Waals surface area contributed by atoms with Gasteiger partial charge in [-0.2, -0.15) is 0 Å². The maximum atomic E-state index is 2.83. The van der Waals surface area contributed by atoms with Crippen molar-refractivity contribution < 1.29 is 37.9 Å². The van der Waals surface area contributed by atoms with E-state index in [1.807, 2.05) is 6.92 Å². The zero-order chi connectivity index (χ0) is 2.71. The van der Waals surface area contributed by atoms with Crippen molar-refractivity contribution in [2.45, 2.75) is 6.92 Å². The van der Waals surface area contributed by atoms with Gasteiger partial charge in [-0.25, -0.2) is 0 Å². The summed E-state index contributed by atoms with van der Waals surface area (Å²) >= 11 is 1.42. The number of hydrogen-bond acceptors (Lipinski definition) is 0. The average Bonchev–Trinajstić information content (AvgIpc) is 0.918. The SMILES string of the molecule is C[C-]=[W].[CH3-].[V+2]. The van der Waals surface area contributed by atoms with E-state index >= 15 is 0 Å². The molecule has 0 aliphatic rings. The summed E-state index contributed by atoms with van der Waals surface area (Å²) in [6.45, 7) is 1.91. The van der Waals surface area contributed by atoms with Crippen molar-refractivity contribution in [3.05, 3.63) is 7.43 Å². The summed E-state index contributed by atoms with van der Waals surface area (Å²) in [4.78, 5) is 0. The minimum Gasteiger partial charge on any atom is -0.358 e. The molecule has 0 saturated carbocycles. The molecule has 0 aliphatic carbocycles. The van der Waals surface area contributed by atoms with E-state index in [4.69, 9.17) is 0 Å². The van der Waals surface area contributed by atoms with Crippen LogP contribution >= 0.6 is 0 Å². The summed E-state index contributed by atoms with van der Waals surface area (Å²) in [5.74, 6) is 0. The Morgan fingerprint density at radius 3 is 1.60 bits per heavy atom. The Morgan fingerprint density at radius 2 is 1.60 bits per heavy atom. The Bertz CT molecular complexity index is 14.4. The van der Waals surface area contributed by atoms with Crippen LogP contribution in [0.4, 0.5) is 0 Å². The molecule has 0 spiro atoms. The van der Waals surface area contributed by atoms with Gasteiger partial charge in [-0.05, 0) is 0 Å². The van der Waals surface area contributed by atoms with Crippen molar-refractivity contribution in [3.63, 3.8) is 0 Å². The molecule has 0 amide bonds. The van der Waals surface area contributed by atoms with Crippen molar-refractivity contribution in [2.75, 3.05) is 0 Å². The summed E-state index contributed by atoms with van der Waals surface area (Å²) in [5, 5.41) is 0. The standard InChI is InChI=1S/C2H3.CH3.V.W/c1-2;;;/h1H3;1H3;;/q2*-1;+2;. The van der Waals surface area contributed by atoms with Crippen LogP contribution in [-0.4, -0.2) is 4.40 Å². The molecule has 0 aliphatic heterocycles. The van der Waals surface area contributed by atoms with Gasteiger partial charge in [-0.1, -0.05) is 0 Å². The van der Waals surface area contributed by atoms with Crippen molar-refractivity contribution in [2.24, 2.45) is 0 Å². The Morgan fingerprint density at radius 1 is 1.60 bits per heavy atom. The molecular formula is C3H6VW. The fourth-order valence-electron chi connectivity index (χ4n) is 0. The van der Waals surface area contributed by atoms with Gasteiger partial charge in [0.25, 0.3) is 0 Å². The third-order valence-corrected chi connectivity index (χ3v) is 0. The predicted molar refractivity (Wildman–Crippen MR) is 17.1 cm³/mol. The van der Waals surface area contributed by atoms with Crippen LogP contribution in [0.1, 0.15) is 6.92 Å². The van der Waals surface area contributed by atoms with E-state index in [1.54, 1.807) is 0 Å². The second kappa shape index (κ2) is 19.2. The summed E-state index contributed by atoms with van der Waals surface area (Å²) in [6.07, 6.45) is 0. The van der Waals surface area contributed by atoms with Crippen LogP contribution in [-0.2, 0) is 37.9 Å². The van der Waals surface area contributed by atoms with E-state index in [-0.39, 0.29) is 26.0 Å². The fraction of sp³-hybridized carbons (Fsp3) is 0.333. The second-order valence-corrected chi connectivity index (χ2v) is 1.67. The molecule has 0 nitrogen and oxygen atoms in total. The third-order valence-electron chi connectivity index (χ3n) is 0. The van der Waals surface area contributed by atoms with Crippen molar-refractivity contribution in [1.29, 1.82) is 0 Å². The average molecular weight is 277 g/mol. The largest absolute Gasteiger partial charge is 2.00 e. The molecule has 29 valence electrons. The topological polar surface area (TPSA) is 0 Å². The fourth-order valence-corrected chi connectivity index (χ4v) is 0. The van der Waals surface area contributed by atoms with E-state index < -0.39 is 0 Å². The molecule has 0 heterocycles. The van der Waals surface area contributed by atoms with Crippen LogP contribution in [0.5, 0.6) is 0 Å². The van der Waals surface area contributed by atoms with Gasteiger partial charge in [0.15, 0.2) is 0 Å². The quantitative estimate of drug-likeness (QED) is 0.571. The van der Waals surface area contributed by atoms with Gasteiger partial charge < -0.3 is 7.43 Å². The van der Waals surface area contributed by atoms with Gasteiger partial charge in [0.05, 0.1) is 0 Å². The zero-order valence-electron chi connectivity index (χ0n) is 3.36. The smallest absolute Gasteiger partial charge is 0.358 e. The molecule has 0 aromatic carbocycles. The molecule has 0 fully saturated rings. The molecule has 2 heteroatoms. The molecule has 0 aromatic rings. The van der Waals surface area contributed by atoms with Gasteiger partial charge in [0.2, 0.25) is 0 Å². The first-order valence-electron chi connectivity index (χ1n) is 0.704. The Labute approximate surface area is 56.6 Å². The van der Waals surface area contributed by atoms with Crippen LogP contribution in [0.15, 0.2) is 0 Å². The van der Waals surface area contributed by atoms with Crippen LogP contribution in [0.25, 0.3) is 0 Å². The molecule has 0 unspecified atom stereocenters. The first kappa shape index (κ1) is 16.4. The number of hydrogen-bond donors (Lipinski definition) is 0. The van der Waals surface area contributed by atoms with Gasteiger partial charge >= 0.3 is 49.2 Å². The van der Waals surface area contributed by atoms with Crippen LogP contribution in [0.2, 0.25) is 0 Å².